The van der Waals surface area contributed by atoms with Crippen molar-refractivity contribution in [2.24, 2.45) is 5.92 Å². The second-order valence-electron chi connectivity index (χ2n) is 8.29. The van der Waals surface area contributed by atoms with Crippen LogP contribution in [0.5, 0.6) is 5.75 Å². The second-order valence-corrected chi connectivity index (χ2v) is 8.29. The zero-order valence-electron chi connectivity index (χ0n) is 17.2. The molecule has 0 heterocycles. The van der Waals surface area contributed by atoms with E-state index in [4.69, 9.17) is 4.74 Å². The van der Waals surface area contributed by atoms with Gasteiger partial charge in [-0.05, 0) is 91.4 Å². The summed E-state index contributed by atoms with van der Waals surface area (Å²) in [5.74, 6) is 1.48. The summed E-state index contributed by atoms with van der Waals surface area (Å²) < 4.78 is 19.1. The van der Waals surface area contributed by atoms with Gasteiger partial charge in [-0.2, -0.15) is 0 Å². The van der Waals surface area contributed by atoms with Crippen LogP contribution in [-0.2, 0) is 19.4 Å². The lowest BCUT2D eigenvalue weighted by molar-refractivity contribution is 0.297. The monoisotopic (exact) mass is 389 g/mol. The Bertz CT molecular complexity index is 947. The van der Waals surface area contributed by atoms with E-state index in [0.717, 1.165) is 41.3 Å². The smallest absolute Gasteiger partial charge is 0.123 e. The highest BCUT2D eigenvalue weighted by Gasteiger charge is 2.19. The van der Waals surface area contributed by atoms with Gasteiger partial charge in [-0.1, -0.05) is 42.5 Å². The average molecular weight is 390 g/mol. The van der Waals surface area contributed by atoms with Gasteiger partial charge >= 0.3 is 0 Å². The Morgan fingerprint density at radius 1 is 0.897 bits per heavy atom. The van der Waals surface area contributed by atoms with E-state index in [2.05, 4.69) is 61.5 Å². The summed E-state index contributed by atoms with van der Waals surface area (Å²) in [6.07, 6.45) is 3.55. The van der Waals surface area contributed by atoms with Crippen molar-refractivity contribution in [1.82, 2.24) is 4.90 Å². The molecule has 3 heteroatoms. The van der Waals surface area contributed by atoms with E-state index >= 15 is 0 Å². The molecule has 1 atom stereocenters. The largest absolute Gasteiger partial charge is 0.489 e. The van der Waals surface area contributed by atoms with Gasteiger partial charge in [0, 0.05) is 6.54 Å². The maximum atomic E-state index is 13.1. The number of ether oxygens (including phenoxy) is 1. The van der Waals surface area contributed by atoms with Crippen molar-refractivity contribution >= 4 is 0 Å². The van der Waals surface area contributed by atoms with Crippen molar-refractivity contribution < 1.29 is 9.13 Å². The average Bonchev–Trinajstić information content (AvgIpc) is 2.73. The van der Waals surface area contributed by atoms with Crippen LogP contribution in [0.2, 0.25) is 0 Å². The molecule has 0 amide bonds. The van der Waals surface area contributed by atoms with Gasteiger partial charge in [-0.3, -0.25) is 0 Å². The molecule has 0 N–H and O–H groups in total. The molecule has 3 aromatic carbocycles. The molecule has 0 bridgehead atoms. The van der Waals surface area contributed by atoms with Gasteiger partial charge in [0.15, 0.2) is 0 Å². The van der Waals surface area contributed by atoms with Crippen LogP contribution < -0.4 is 4.74 Å². The molecule has 0 fully saturated rings. The molecule has 1 unspecified atom stereocenters. The van der Waals surface area contributed by atoms with E-state index in [0.29, 0.717) is 6.61 Å². The minimum absolute atomic E-state index is 0.211. The summed E-state index contributed by atoms with van der Waals surface area (Å²) in [5.41, 5.74) is 6.12. The fourth-order valence-electron chi connectivity index (χ4n) is 4.17. The number of hydrogen-bond donors (Lipinski definition) is 0. The van der Waals surface area contributed by atoms with Crippen LogP contribution in [0.3, 0.4) is 0 Å². The minimum Gasteiger partial charge on any atom is -0.489 e. The predicted molar refractivity (Wildman–Crippen MR) is 117 cm³/mol. The first-order valence-corrected chi connectivity index (χ1v) is 10.3. The number of rotatable bonds is 6. The van der Waals surface area contributed by atoms with Crippen LogP contribution in [0.15, 0.2) is 66.7 Å². The quantitative estimate of drug-likeness (QED) is 0.533. The fraction of sp³-hybridized carbons (Fsp3) is 0.308. The number of hydrogen-bond acceptors (Lipinski definition) is 2. The van der Waals surface area contributed by atoms with Crippen LogP contribution in [0.25, 0.3) is 11.1 Å². The Labute approximate surface area is 172 Å². The van der Waals surface area contributed by atoms with Gasteiger partial charge in [0.25, 0.3) is 0 Å². The van der Waals surface area contributed by atoms with E-state index in [9.17, 15) is 4.39 Å². The van der Waals surface area contributed by atoms with Crippen molar-refractivity contribution in [3.63, 3.8) is 0 Å². The molecule has 0 aliphatic heterocycles. The summed E-state index contributed by atoms with van der Waals surface area (Å²) in [4.78, 5) is 2.29. The van der Waals surface area contributed by atoms with Crippen molar-refractivity contribution in [3.05, 3.63) is 89.2 Å². The number of nitrogens with zero attached hydrogens (tertiary/aromatic N) is 1. The second kappa shape index (κ2) is 8.79. The summed E-state index contributed by atoms with van der Waals surface area (Å²) >= 11 is 0. The van der Waals surface area contributed by atoms with E-state index < -0.39 is 0 Å². The Balaban J connectivity index is 1.36. The molecule has 0 spiro atoms. The van der Waals surface area contributed by atoms with Crippen LogP contribution in [0.4, 0.5) is 4.39 Å². The number of halogens is 1. The third-order valence-electron chi connectivity index (χ3n) is 5.67. The highest BCUT2D eigenvalue weighted by Crippen LogP contribution is 2.29. The van der Waals surface area contributed by atoms with E-state index in [-0.39, 0.29) is 5.82 Å². The molecule has 0 radical (unpaired) electrons. The van der Waals surface area contributed by atoms with Crippen molar-refractivity contribution in [2.75, 3.05) is 20.6 Å². The molecule has 0 aromatic heterocycles. The van der Waals surface area contributed by atoms with Gasteiger partial charge in [-0.25, -0.2) is 4.39 Å². The molecule has 4 rings (SSSR count). The zero-order valence-corrected chi connectivity index (χ0v) is 17.2. The van der Waals surface area contributed by atoms with Crippen LogP contribution in [0, 0.1) is 11.7 Å². The lowest BCUT2D eigenvalue weighted by atomic mass is 9.83. The molecular formula is C26H28FNO. The van der Waals surface area contributed by atoms with Crippen LogP contribution in [0.1, 0.15) is 23.1 Å². The lowest BCUT2D eigenvalue weighted by Crippen LogP contribution is -2.26. The normalized spacial score (nSPS) is 15.9. The number of aryl methyl sites for hydroxylation is 1. The predicted octanol–water partition coefficient (Wildman–Crippen LogP) is 5.74. The molecule has 29 heavy (non-hydrogen) atoms. The minimum atomic E-state index is -0.211. The molecule has 150 valence electrons. The topological polar surface area (TPSA) is 12.5 Å². The number of fused-ring (bicyclic) bond motifs is 1. The third kappa shape index (κ3) is 5.04. The first kappa shape index (κ1) is 19.7. The molecule has 1 aliphatic rings. The third-order valence-corrected chi connectivity index (χ3v) is 5.67. The zero-order chi connectivity index (χ0) is 20.2. The SMILES string of the molecule is CN(C)CC1CCc2cc(OCc3ccc(-c4ccc(F)cc4)cc3)ccc2C1. The van der Waals surface area contributed by atoms with E-state index in [1.54, 1.807) is 12.1 Å². The number of benzene rings is 3. The maximum absolute atomic E-state index is 13.1. The Hall–Kier alpha value is -2.65. The molecule has 2 nitrogen and oxygen atoms in total. The van der Waals surface area contributed by atoms with Gasteiger partial charge < -0.3 is 9.64 Å². The lowest BCUT2D eigenvalue weighted by Gasteiger charge is -2.27. The standard InChI is InChI=1S/C26H28FNO/c1-28(2)17-20-5-8-24-16-26(14-11-23(24)15-20)29-18-19-3-6-21(7-4-19)22-9-12-25(27)13-10-22/h3-4,6-7,9-14,16,20H,5,8,15,17-18H2,1-2H3. The van der Waals surface area contributed by atoms with Crippen molar-refractivity contribution in [1.29, 1.82) is 0 Å². The molecule has 1 aliphatic carbocycles. The Kier molecular flexibility index (Phi) is 5.96. The first-order valence-electron chi connectivity index (χ1n) is 10.3. The van der Waals surface area contributed by atoms with Crippen LogP contribution in [-0.4, -0.2) is 25.5 Å². The van der Waals surface area contributed by atoms with E-state index in [1.165, 1.54) is 36.1 Å². The fourth-order valence-corrected chi connectivity index (χ4v) is 4.17. The van der Waals surface area contributed by atoms with Gasteiger partial charge in [0.05, 0.1) is 0 Å². The van der Waals surface area contributed by atoms with Crippen LogP contribution >= 0.6 is 0 Å². The first-order chi connectivity index (χ1) is 14.1. The maximum Gasteiger partial charge on any atom is 0.123 e. The van der Waals surface area contributed by atoms with Gasteiger partial charge in [0.1, 0.15) is 18.2 Å². The van der Waals surface area contributed by atoms with Gasteiger partial charge in [-0.15, -0.1) is 0 Å². The molecular weight excluding hydrogens is 361 g/mol. The van der Waals surface area contributed by atoms with E-state index in [1.807, 2.05) is 0 Å². The summed E-state index contributed by atoms with van der Waals surface area (Å²) in [5, 5.41) is 0. The summed E-state index contributed by atoms with van der Waals surface area (Å²) in [6, 6.07) is 21.4. The molecule has 3 aromatic rings. The Morgan fingerprint density at radius 3 is 2.28 bits per heavy atom. The van der Waals surface area contributed by atoms with Crippen molar-refractivity contribution in [2.45, 2.75) is 25.9 Å². The van der Waals surface area contributed by atoms with Gasteiger partial charge in [0.2, 0.25) is 0 Å². The molecule has 0 saturated heterocycles. The highest BCUT2D eigenvalue weighted by molar-refractivity contribution is 5.63. The molecule has 0 saturated carbocycles. The highest BCUT2D eigenvalue weighted by atomic mass is 19.1. The Morgan fingerprint density at radius 2 is 1.59 bits per heavy atom. The summed E-state index contributed by atoms with van der Waals surface area (Å²) in [7, 11) is 4.30. The summed E-state index contributed by atoms with van der Waals surface area (Å²) in [6.45, 7) is 1.71. The van der Waals surface area contributed by atoms with Crippen molar-refractivity contribution in [3.8, 4) is 16.9 Å².